The predicted octanol–water partition coefficient (Wildman–Crippen LogP) is 4.32. The zero-order valence-electron chi connectivity index (χ0n) is 12.7. The van der Waals surface area contributed by atoms with Crippen molar-refractivity contribution >= 4 is 15.9 Å². The molecule has 0 aliphatic heterocycles. The van der Waals surface area contributed by atoms with E-state index in [0.29, 0.717) is 12.6 Å². The van der Waals surface area contributed by atoms with E-state index in [1.54, 1.807) is 0 Å². The molecule has 0 heterocycles. The highest BCUT2D eigenvalue weighted by molar-refractivity contribution is 9.10. The maximum absolute atomic E-state index is 5.92. The Kier molecular flexibility index (Phi) is 8.90. The Morgan fingerprint density at radius 2 is 2.05 bits per heavy atom. The first-order valence-corrected chi connectivity index (χ1v) is 8.21. The fraction of sp³-hybridized carbons (Fsp3) is 0.625. The van der Waals surface area contributed by atoms with E-state index in [9.17, 15) is 0 Å². The number of halogens is 1. The van der Waals surface area contributed by atoms with Gasteiger partial charge in [-0.05, 0) is 38.9 Å². The molecule has 0 aromatic heterocycles. The van der Waals surface area contributed by atoms with Crippen LogP contribution in [0.2, 0.25) is 0 Å². The van der Waals surface area contributed by atoms with Gasteiger partial charge in [0.05, 0.1) is 6.61 Å². The second-order valence-electron chi connectivity index (χ2n) is 4.76. The largest absolute Gasteiger partial charge is 0.493 e. The van der Waals surface area contributed by atoms with Gasteiger partial charge in [0.2, 0.25) is 0 Å². The van der Waals surface area contributed by atoms with Gasteiger partial charge in [0.1, 0.15) is 5.75 Å². The Labute approximate surface area is 131 Å². The molecule has 0 spiro atoms. The third-order valence-electron chi connectivity index (χ3n) is 3.04. The summed E-state index contributed by atoms with van der Waals surface area (Å²) in [6.07, 6.45) is 2.04. The first-order valence-electron chi connectivity index (χ1n) is 7.42. The van der Waals surface area contributed by atoms with Gasteiger partial charge >= 0.3 is 0 Å². The van der Waals surface area contributed by atoms with E-state index >= 15 is 0 Å². The van der Waals surface area contributed by atoms with Gasteiger partial charge in [-0.15, -0.1) is 0 Å². The van der Waals surface area contributed by atoms with Crippen LogP contribution in [0.3, 0.4) is 0 Å². The highest BCUT2D eigenvalue weighted by Gasteiger charge is 2.11. The van der Waals surface area contributed by atoms with E-state index in [0.717, 1.165) is 42.8 Å². The Hall–Kier alpha value is -0.580. The molecule has 20 heavy (non-hydrogen) atoms. The van der Waals surface area contributed by atoms with Gasteiger partial charge in [-0.1, -0.05) is 28.9 Å². The Morgan fingerprint density at radius 1 is 1.25 bits per heavy atom. The summed E-state index contributed by atoms with van der Waals surface area (Å²) in [5, 5.41) is 3.50. The summed E-state index contributed by atoms with van der Waals surface area (Å²) in [5.74, 6) is 0.951. The molecule has 0 aliphatic rings. The van der Waals surface area contributed by atoms with Crippen molar-refractivity contribution in [3.8, 4) is 5.75 Å². The van der Waals surface area contributed by atoms with Crippen molar-refractivity contribution in [2.45, 2.75) is 39.7 Å². The molecular formula is C16H26BrNO2. The Bertz CT molecular complexity index is 385. The first-order chi connectivity index (χ1) is 9.69. The molecule has 0 aliphatic carbocycles. The number of benzene rings is 1. The molecule has 0 saturated heterocycles. The maximum Gasteiger partial charge on any atom is 0.125 e. The summed E-state index contributed by atoms with van der Waals surface area (Å²) in [4.78, 5) is 0. The van der Waals surface area contributed by atoms with Crippen molar-refractivity contribution in [2.75, 3.05) is 26.4 Å². The van der Waals surface area contributed by atoms with Gasteiger partial charge in [-0.25, -0.2) is 0 Å². The third-order valence-corrected chi connectivity index (χ3v) is 3.53. The van der Waals surface area contributed by atoms with E-state index in [-0.39, 0.29) is 0 Å². The zero-order chi connectivity index (χ0) is 14.8. The summed E-state index contributed by atoms with van der Waals surface area (Å²) in [6, 6.07) is 6.52. The SMILES string of the molecule is CCCNC(C)c1ccc(Br)cc1OCCCOCC. The van der Waals surface area contributed by atoms with Crippen molar-refractivity contribution in [1.29, 1.82) is 0 Å². The lowest BCUT2D eigenvalue weighted by atomic mass is 10.1. The highest BCUT2D eigenvalue weighted by atomic mass is 79.9. The lowest BCUT2D eigenvalue weighted by Gasteiger charge is -2.18. The van der Waals surface area contributed by atoms with Crippen LogP contribution in [0.15, 0.2) is 22.7 Å². The Morgan fingerprint density at radius 3 is 2.75 bits per heavy atom. The third kappa shape index (κ3) is 6.25. The highest BCUT2D eigenvalue weighted by Crippen LogP contribution is 2.28. The standard InChI is InChI=1S/C16H26BrNO2/c1-4-9-18-13(3)15-8-7-14(17)12-16(15)20-11-6-10-19-5-2/h7-8,12-13,18H,4-6,9-11H2,1-3H3. The second-order valence-corrected chi connectivity index (χ2v) is 5.67. The van der Waals surface area contributed by atoms with Crippen LogP contribution in [0.5, 0.6) is 5.75 Å². The topological polar surface area (TPSA) is 30.5 Å². The minimum absolute atomic E-state index is 0.296. The number of hydrogen-bond acceptors (Lipinski definition) is 3. The van der Waals surface area contributed by atoms with Gasteiger partial charge in [-0.2, -0.15) is 0 Å². The minimum atomic E-state index is 0.296. The fourth-order valence-electron chi connectivity index (χ4n) is 1.95. The average Bonchev–Trinajstić information content (AvgIpc) is 2.44. The van der Waals surface area contributed by atoms with Crippen molar-refractivity contribution in [2.24, 2.45) is 0 Å². The quantitative estimate of drug-likeness (QED) is 0.642. The number of nitrogens with one attached hydrogen (secondary N) is 1. The molecule has 1 aromatic rings. The molecule has 0 fully saturated rings. The summed E-state index contributed by atoms with van der Waals surface area (Å²) in [7, 11) is 0. The smallest absolute Gasteiger partial charge is 0.125 e. The molecule has 0 saturated carbocycles. The van der Waals surface area contributed by atoms with Crippen molar-refractivity contribution in [3.05, 3.63) is 28.2 Å². The molecule has 3 nitrogen and oxygen atoms in total. The van der Waals surface area contributed by atoms with Gasteiger partial charge in [-0.3, -0.25) is 0 Å². The molecule has 1 unspecified atom stereocenters. The maximum atomic E-state index is 5.92. The summed E-state index contributed by atoms with van der Waals surface area (Å²) in [5.41, 5.74) is 1.21. The first kappa shape index (κ1) is 17.5. The second kappa shape index (κ2) is 10.2. The van der Waals surface area contributed by atoms with Gasteiger partial charge in [0, 0.05) is 35.7 Å². The van der Waals surface area contributed by atoms with Crippen LogP contribution >= 0.6 is 15.9 Å². The Balaban J connectivity index is 2.60. The van der Waals surface area contributed by atoms with Crippen LogP contribution in [0.1, 0.15) is 45.2 Å². The van der Waals surface area contributed by atoms with Gasteiger partial charge in [0.15, 0.2) is 0 Å². The summed E-state index contributed by atoms with van der Waals surface area (Å²) < 4.78 is 12.3. The molecule has 1 rings (SSSR count). The molecule has 0 amide bonds. The predicted molar refractivity (Wildman–Crippen MR) is 87.5 cm³/mol. The molecule has 1 N–H and O–H groups in total. The van der Waals surface area contributed by atoms with Crippen LogP contribution in [0.4, 0.5) is 0 Å². The number of rotatable bonds is 10. The lowest BCUT2D eigenvalue weighted by Crippen LogP contribution is -2.20. The van der Waals surface area contributed by atoms with Crippen LogP contribution < -0.4 is 10.1 Å². The molecule has 0 bridgehead atoms. The van der Waals surface area contributed by atoms with E-state index in [4.69, 9.17) is 9.47 Å². The number of hydrogen-bond donors (Lipinski definition) is 1. The molecule has 1 atom stereocenters. The van der Waals surface area contributed by atoms with Gasteiger partial charge in [0.25, 0.3) is 0 Å². The van der Waals surface area contributed by atoms with Crippen LogP contribution in [0.25, 0.3) is 0 Å². The molecule has 0 radical (unpaired) electrons. The number of ether oxygens (including phenoxy) is 2. The van der Waals surface area contributed by atoms with Crippen molar-refractivity contribution in [1.82, 2.24) is 5.32 Å². The minimum Gasteiger partial charge on any atom is -0.493 e. The van der Waals surface area contributed by atoms with Crippen LogP contribution in [-0.2, 0) is 4.74 Å². The van der Waals surface area contributed by atoms with E-state index in [1.165, 1.54) is 5.56 Å². The average molecular weight is 344 g/mol. The summed E-state index contributed by atoms with van der Waals surface area (Å²) in [6.45, 7) is 9.57. The summed E-state index contributed by atoms with van der Waals surface area (Å²) >= 11 is 3.51. The van der Waals surface area contributed by atoms with Crippen LogP contribution in [-0.4, -0.2) is 26.4 Å². The van der Waals surface area contributed by atoms with Crippen molar-refractivity contribution in [3.63, 3.8) is 0 Å². The van der Waals surface area contributed by atoms with Gasteiger partial charge < -0.3 is 14.8 Å². The molecule has 114 valence electrons. The zero-order valence-corrected chi connectivity index (χ0v) is 14.3. The lowest BCUT2D eigenvalue weighted by molar-refractivity contribution is 0.130. The normalized spacial score (nSPS) is 12.4. The van der Waals surface area contributed by atoms with E-state index in [1.807, 2.05) is 13.0 Å². The fourth-order valence-corrected chi connectivity index (χ4v) is 2.29. The van der Waals surface area contributed by atoms with E-state index in [2.05, 4.69) is 47.2 Å². The molecule has 4 heteroatoms. The molecular weight excluding hydrogens is 318 g/mol. The van der Waals surface area contributed by atoms with E-state index < -0.39 is 0 Å². The van der Waals surface area contributed by atoms with Crippen molar-refractivity contribution < 1.29 is 9.47 Å². The van der Waals surface area contributed by atoms with Crippen LogP contribution in [0, 0.1) is 0 Å². The molecule has 1 aromatic carbocycles. The monoisotopic (exact) mass is 343 g/mol.